The molecule has 0 spiro atoms. The van der Waals surface area contributed by atoms with Gasteiger partial charge >= 0.3 is 6.18 Å². The Hall–Kier alpha value is -3.51. The first-order valence-corrected chi connectivity index (χ1v) is 13.7. The minimum atomic E-state index is -4.72. The maximum absolute atomic E-state index is 14.0. The number of halogens is 3. The highest BCUT2D eigenvalue weighted by Gasteiger charge is 2.39. The lowest BCUT2D eigenvalue weighted by Gasteiger charge is -2.22. The van der Waals surface area contributed by atoms with Crippen LogP contribution >= 0.6 is 0 Å². The van der Waals surface area contributed by atoms with Crippen LogP contribution in [0.4, 0.5) is 24.8 Å². The van der Waals surface area contributed by atoms with Crippen molar-refractivity contribution in [2.24, 2.45) is 0 Å². The summed E-state index contributed by atoms with van der Waals surface area (Å²) in [5.41, 5.74) is 1.18. The summed E-state index contributed by atoms with van der Waals surface area (Å²) in [6.07, 6.45) is -2.49. The second-order valence-electron chi connectivity index (χ2n) is 9.08. The molecule has 38 heavy (non-hydrogen) atoms. The quantitative estimate of drug-likeness (QED) is 0.375. The van der Waals surface area contributed by atoms with Crippen molar-refractivity contribution in [1.29, 1.82) is 0 Å². The van der Waals surface area contributed by atoms with Crippen molar-refractivity contribution in [2.75, 3.05) is 18.7 Å². The molecule has 1 aromatic heterocycles. The Morgan fingerprint density at radius 3 is 2.58 bits per heavy atom. The summed E-state index contributed by atoms with van der Waals surface area (Å²) in [7, 11) is -2.20. The van der Waals surface area contributed by atoms with Crippen LogP contribution in [0.25, 0.3) is 0 Å². The molecular weight excluding hydrogens is 521 g/mol. The molecule has 2 aromatic carbocycles. The second-order valence-corrected chi connectivity index (χ2v) is 10.9. The summed E-state index contributed by atoms with van der Waals surface area (Å²) in [6.45, 7) is 1.73. The summed E-state index contributed by atoms with van der Waals surface area (Å²) < 4.78 is 73.8. The average molecular weight is 549 g/mol. The van der Waals surface area contributed by atoms with E-state index in [0.717, 1.165) is 17.4 Å². The van der Waals surface area contributed by atoms with E-state index in [4.69, 9.17) is 4.74 Å². The Balaban J connectivity index is 1.71. The molecule has 0 unspecified atom stereocenters. The zero-order chi connectivity index (χ0) is 27.7. The molecule has 0 aliphatic heterocycles. The Kier molecular flexibility index (Phi) is 7.75. The van der Waals surface area contributed by atoms with Gasteiger partial charge in [0.25, 0.3) is 0 Å². The van der Waals surface area contributed by atoms with Gasteiger partial charge in [-0.1, -0.05) is 31.2 Å². The monoisotopic (exact) mass is 548 g/mol. The van der Waals surface area contributed by atoms with Gasteiger partial charge in [-0.05, 0) is 42.2 Å². The highest BCUT2D eigenvalue weighted by Crippen LogP contribution is 2.39. The highest BCUT2D eigenvalue weighted by molar-refractivity contribution is 7.88. The largest absolute Gasteiger partial charge is 0.495 e. The number of hydrogen-bond donors (Lipinski definition) is 2. The van der Waals surface area contributed by atoms with Gasteiger partial charge in [0.2, 0.25) is 16.0 Å². The van der Waals surface area contributed by atoms with E-state index in [0.29, 0.717) is 36.0 Å². The van der Waals surface area contributed by atoms with Gasteiger partial charge in [0, 0.05) is 30.1 Å². The number of methoxy groups -OCH3 is 1. The number of nitrogens with zero attached hydrogens (tertiary/aromatic N) is 2. The number of Topliss-reactive ketones (excluding diaryl/α,β-unsaturated/α-hetero) is 1. The van der Waals surface area contributed by atoms with Crippen molar-refractivity contribution < 1.29 is 31.1 Å². The standard InChI is InChI=1S/C26H27F3N4O4S/c1-4-23(34)16-9-10-20(24(12-16)37-2)31-25-30-14-19(26(27,28)29)22(32-25)13-18-17-8-6-5-7-15(17)11-21(18)33-38(3,35)36/h5-10,12,14,18,21,33H,4,11,13H2,1-3H3,(H,30,31,32)/t18-,21-/m1/s1. The fraction of sp³-hybridized carbons (Fsp3) is 0.346. The van der Waals surface area contributed by atoms with Gasteiger partial charge in [-0.15, -0.1) is 0 Å². The summed E-state index contributed by atoms with van der Waals surface area (Å²) in [4.78, 5) is 20.1. The minimum absolute atomic E-state index is 0.0861. The third-order valence-corrected chi connectivity index (χ3v) is 7.15. The first-order valence-electron chi connectivity index (χ1n) is 11.9. The number of sulfonamides is 1. The van der Waals surface area contributed by atoms with E-state index in [2.05, 4.69) is 20.0 Å². The van der Waals surface area contributed by atoms with Crippen LogP contribution in [0.3, 0.4) is 0 Å². The molecule has 0 radical (unpaired) electrons. The van der Waals surface area contributed by atoms with Crippen LogP contribution in [0.15, 0.2) is 48.7 Å². The van der Waals surface area contributed by atoms with Gasteiger partial charge < -0.3 is 10.1 Å². The number of hydrogen-bond acceptors (Lipinski definition) is 7. The van der Waals surface area contributed by atoms with Crippen molar-refractivity contribution in [1.82, 2.24) is 14.7 Å². The fourth-order valence-corrected chi connectivity index (χ4v) is 5.50. The molecule has 1 heterocycles. The highest BCUT2D eigenvalue weighted by atomic mass is 32.2. The normalized spacial score (nSPS) is 17.2. The molecule has 8 nitrogen and oxygen atoms in total. The molecule has 0 bridgehead atoms. The zero-order valence-corrected chi connectivity index (χ0v) is 21.8. The number of carbonyl (C=O) groups excluding carboxylic acids is 1. The van der Waals surface area contributed by atoms with Crippen molar-refractivity contribution in [3.8, 4) is 5.75 Å². The predicted molar refractivity (Wildman–Crippen MR) is 136 cm³/mol. The zero-order valence-electron chi connectivity index (χ0n) is 21.0. The molecule has 0 saturated heterocycles. The van der Waals surface area contributed by atoms with Crippen LogP contribution < -0.4 is 14.8 Å². The first kappa shape index (κ1) is 27.5. The molecule has 0 fully saturated rings. The lowest BCUT2D eigenvalue weighted by Crippen LogP contribution is -2.38. The predicted octanol–water partition coefficient (Wildman–Crippen LogP) is 4.64. The lowest BCUT2D eigenvalue weighted by atomic mass is 9.92. The number of ketones is 1. The number of benzene rings is 2. The third kappa shape index (κ3) is 6.13. The summed E-state index contributed by atoms with van der Waals surface area (Å²) in [5, 5.41) is 2.88. The maximum Gasteiger partial charge on any atom is 0.419 e. The van der Waals surface area contributed by atoms with Crippen LogP contribution in [-0.4, -0.2) is 43.6 Å². The number of carbonyl (C=O) groups is 1. The van der Waals surface area contributed by atoms with E-state index in [1.807, 2.05) is 6.07 Å². The Morgan fingerprint density at radius 2 is 1.92 bits per heavy atom. The SMILES string of the molecule is CCC(=O)c1ccc(Nc2ncc(C(F)(F)F)c(C[C@@H]3c4ccccc4C[C@H]3NS(C)(=O)=O)n2)c(OC)c1. The van der Waals surface area contributed by atoms with Crippen LogP contribution in [-0.2, 0) is 29.0 Å². The van der Waals surface area contributed by atoms with Crippen LogP contribution in [0.2, 0.25) is 0 Å². The van der Waals surface area contributed by atoms with Gasteiger partial charge in [0.1, 0.15) is 5.75 Å². The molecule has 0 saturated carbocycles. The molecule has 0 amide bonds. The summed E-state index contributed by atoms with van der Waals surface area (Å²) in [6, 6.07) is 11.3. The molecule has 2 N–H and O–H groups in total. The fourth-order valence-electron chi connectivity index (χ4n) is 4.70. The average Bonchev–Trinajstić information content (AvgIpc) is 3.18. The first-order chi connectivity index (χ1) is 17.9. The number of aromatic nitrogens is 2. The topological polar surface area (TPSA) is 110 Å². The van der Waals surface area contributed by atoms with Crippen molar-refractivity contribution in [3.05, 3.63) is 76.6 Å². The molecule has 2 atom stereocenters. The number of fused-ring (bicyclic) bond motifs is 1. The van der Waals surface area contributed by atoms with Crippen LogP contribution in [0.1, 0.15) is 52.0 Å². The van der Waals surface area contributed by atoms with E-state index in [9.17, 15) is 26.4 Å². The molecular formula is C26H27F3N4O4S. The molecule has 1 aliphatic carbocycles. The van der Waals surface area contributed by atoms with Crippen molar-refractivity contribution >= 4 is 27.4 Å². The Bertz CT molecular complexity index is 1460. The number of anilines is 2. The maximum atomic E-state index is 14.0. The lowest BCUT2D eigenvalue weighted by molar-refractivity contribution is -0.138. The van der Waals surface area contributed by atoms with E-state index in [1.54, 1.807) is 37.3 Å². The summed E-state index contributed by atoms with van der Waals surface area (Å²) in [5.74, 6) is -0.452. The van der Waals surface area contributed by atoms with E-state index < -0.39 is 33.7 Å². The van der Waals surface area contributed by atoms with Gasteiger partial charge in [0.15, 0.2) is 5.78 Å². The molecule has 3 aromatic rings. The van der Waals surface area contributed by atoms with E-state index in [-0.39, 0.29) is 23.8 Å². The van der Waals surface area contributed by atoms with Gasteiger partial charge in [0.05, 0.1) is 30.3 Å². The van der Waals surface area contributed by atoms with Gasteiger partial charge in [-0.2, -0.15) is 13.2 Å². The Morgan fingerprint density at radius 1 is 1.18 bits per heavy atom. The number of alkyl halides is 3. The van der Waals surface area contributed by atoms with Crippen LogP contribution in [0.5, 0.6) is 5.75 Å². The number of nitrogens with one attached hydrogen (secondary N) is 2. The third-order valence-electron chi connectivity index (χ3n) is 6.42. The van der Waals surface area contributed by atoms with Crippen molar-refractivity contribution in [2.45, 2.75) is 44.3 Å². The minimum Gasteiger partial charge on any atom is -0.495 e. The van der Waals surface area contributed by atoms with E-state index >= 15 is 0 Å². The number of ether oxygens (including phenoxy) is 1. The molecule has 1 aliphatic rings. The Labute approximate surface area is 218 Å². The second kappa shape index (κ2) is 10.7. The molecule has 202 valence electrons. The van der Waals surface area contributed by atoms with Crippen molar-refractivity contribution in [3.63, 3.8) is 0 Å². The van der Waals surface area contributed by atoms with E-state index in [1.165, 1.54) is 13.2 Å². The summed E-state index contributed by atoms with van der Waals surface area (Å²) >= 11 is 0. The van der Waals surface area contributed by atoms with Crippen LogP contribution in [0, 0.1) is 0 Å². The molecule has 4 rings (SSSR count). The van der Waals surface area contributed by atoms with Gasteiger partial charge in [-0.25, -0.2) is 23.1 Å². The van der Waals surface area contributed by atoms with Gasteiger partial charge in [-0.3, -0.25) is 4.79 Å². The number of rotatable bonds is 9. The smallest absolute Gasteiger partial charge is 0.419 e. The molecule has 12 heteroatoms.